The standard InChI is InChI=1S/C7H6ClF3N2O/c8-6-4(3-12)5(1-2-13-6)14-7(9,10)11/h1-2H,3,12H2. The van der Waals surface area contributed by atoms with Crippen molar-refractivity contribution in [1.82, 2.24) is 4.98 Å². The highest BCUT2D eigenvalue weighted by Crippen LogP contribution is 2.28. The first kappa shape index (κ1) is 11.1. The van der Waals surface area contributed by atoms with E-state index in [1.54, 1.807) is 0 Å². The van der Waals surface area contributed by atoms with E-state index >= 15 is 0 Å². The van der Waals surface area contributed by atoms with Crippen molar-refractivity contribution < 1.29 is 17.9 Å². The summed E-state index contributed by atoms with van der Waals surface area (Å²) < 4.78 is 39.3. The Morgan fingerprint density at radius 1 is 1.50 bits per heavy atom. The van der Waals surface area contributed by atoms with Gasteiger partial charge in [0, 0.05) is 18.3 Å². The second kappa shape index (κ2) is 4.02. The molecule has 7 heteroatoms. The molecule has 3 nitrogen and oxygen atoms in total. The molecule has 0 unspecified atom stereocenters. The molecular formula is C7H6ClF3N2O. The van der Waals surface area contributed by atoms with E-state index in [2.05, 4.69) is 9.72 Å². The van der Waals surface area contributed by atoms with Gasteiger partial charge < -0.3 is 10.5 Å². The fourth-order valence-electron chi connectivity index (χ4n) is 0.856. The number of alkyl halides is 3. The minimum Gasteiger partial charge on any atom is -0.405 e. The van der Waals surface area contributed by atoms with E-state index in [0.29, 0.717) is 0 Å². The molecule has 0 saturated carbocycles. The number of aromatic nitrogens is 1. The topological polar surface area (TPSA) is 48.1 Å². The van der Waals surface area contributed by atoms with Crippen molar-refractivity contribution in [3.8, 4) is 5.75 Å². The average molecular weight is 227 g/mol. The summed E-state index contributed by atoms with van der Waals surface area (Å²) >= 11 is 5.52. The molecule has 0 spiro atoms. The molecule has 0 amide bonds. The molecule has 1 heterocycles. The van der Waals surface area contributed by atoms with Crippen molar-refractivity contribution >= 4 is 11.6 Å². The third-order valence-electron chi connectivity index (χ3n) is 1.39. The van der Waals surface area contributed by atoms with Crippen LogP contribution in [-0.2, 0) is 6.54 Å². The van der Waals surface area contributed by atoms with Gasteiger partial charge in [0.1, 0.15) is 10.9 Å². The number of pyridine rings is 1. The largest absolute Gasteiger partial charge is 0.573 e. The molecule has 0 saturated heterocycles. The van der Waals surface area contributed by atoms with Crippen molar-refractivity contribution in [2.45, 2.75) is 12.9 Å². The molecular weight excluding hydrogens is 221 g/mol. The van der Waals surface area contributed by atoms with Gasteiger partial charge in [0.15, 0.2) is 0 Å². The summed E-state index contributed by atoms with van der Waals surface area (Å²) in [7, 11) is 0. The molecule has 0 radical (unpaired) electrons. The van der Waals surface area contributed by atoms with Gasteiger partial charge in [-0.3, -0.25) is 0 Å². The first-order valence-corrected chi connectivity index (χ1v) is 3.91. The van der Waals surface area contributed by atoms with Gasteiger partial charge in [-0.15, -0.1) is 13.2 Å². The summed E-state index contributed by atoms with van der Waals surface area (Å²) in [5.41, 5.74) is 5.23. The molecule has 0 aliphatic heterocycles. The van der Waals surface area contributed by atoms with E-state index in [1.165, 1.54) is 0 Å². The molecule has 0 fully saturated rings. The van der Waals surface area contributed by atoms with Crippen LogP contribution in [0.4, 0.5) is 13.2 Å². The number of nitrogens with two attached hydrogens (primary N) is 1. The molecule has 0 aliphatic carbocycles. The molecule has 0 aliphatic rings. The molecule has 1 aromatic heterocycles. The quantitative estimate of drug-likeness (QED) is 0.786. The Balaban J connectivity index is 3.02. The van der Waals surface area contributed by atoms with Gasteiger partial charge >= 0.3 is 6.36 Å². The molecule has 2 N–H and O–H groups in total. The predicted octanol–water partition coefficient (Wildman–Crippen LogP) is 2.09. The van der Waals surface area contributed by atoms with Gasteiger partial charge in [0.2, 0.25) is 0 Å². The molecule has 1 rings (SSSR count). The molecule has 0 bridgehead atoms. The van der Waals surface area contributed by atoms with Gasteiger partial charge in [0.05, 0.1) is 0 Å². The monoisotopic (exact) mass is 226 g/mol. The summed E-state index contributed by atoms with van der Waals surface area (Å²) in [5.74, 6) is -0.417. The Hall–Kier alpha value is -1.01. The van der Waals surface area contributed by atoms with Crippen molar-refractivity contribution in [2.75, 3.05) is 0 Å². The van der Waals surface area contributed by atoms with Crippen LogP contribution in [0.3, 0.4) is 0 Å². The summed E-state index contributed by atoms with van der Waals surface area (Å²) in [4.78, 5) is 3.58. The molecule has 78 valence electrons. The van der Waals surface area contributed by atoms with Crippen LogP contribution in [0, 0.1) is 0 Å². The van der Waals surface area contributed by atoms with Crippen LogP contribution in [0.2, 0.25) is 5.15 Å². The Morgan fingerprint density at radius 2 is 2.14 bits per heavy atom. The van der Waals surface area contributed by atoms with Crippen molar-refractivity contribution in [3.05, 3.63) is 23.0 Å². The van der Waals surface area contributed by atoms with Gasteiger partial charge in [-0.1, -0.05) is 11.6 Å². The lowest BCUT2D eigenvalue weighted by Gasteiger charge is -2.12. The van der Waals surface area contributed by atoms with E-state index in [1.807, 2.05) is 0 Å². The van der Waals surface area contributed by atoms with E-state index in [4.69, 9.17) is 17.3 Å². The van der Waals surface area contributed by atoms with Gasteiger partial charge in [0.25, 0.3) is 0 Å². The lowest BCUT2D eigenvalue weighted by atomic mass is 10.2. The Morgan fingerprint density at radius 3 is 2.64 bits per heavy atom. The van der Waals surface area contributed by atoms with Crippen LogP contribution in [-0.4, -0.2) is 11.3 Å². The van der Waals surface area contributed by atoms with E-state index in [-0.39, 0.29) is 17.3 Å². The zero-order valence-electron chi connectivity index (χ0n) is 6.81. The third kappa shape index (κ3) is 2.74. The first-order chi connectivity index (χ1) is 6.44. The minimum atomic E-state index is -4.76. The average Bonchev–Trinajstić information content (AvgIpc) is 2.01. The van der Waals surface area contributed by atoms with Crippen molar-refractivity contribution in [1.29, 1.82) is 0 Å². The van der Waals surface area contributed by atoms with Crippen LogP contribution in [0.15, 0.2) is 12.3 Å². The highest BCUT2D eigenvalue weighted by Gasteiger charge is 2.32. The fraction of sp³-hybridized carbons (Fsp3) is 0.286. The number of ether oxygens (including phenoxy) is 1. The SMILES string of the molecule is NCc1c(OC(F)(F)F)ccnc1Cl. The van der Waals surface area contributed by atoms with Crippen molar-refractivity contribution in [2.24, 2.45) is 5.73 Å². The molecule has 14 heavy (non-hydrogen) atoms. The molecule has 0 atom stereocenters. The maximum atomic E-state index is 11.9. The summed E-state index contributed by atoms with van der Waals surface area (Å²) in [6.07, 6.45) is -3.64. The van der Waals surface area contributed by atoms with Gasteiger partial charge in [-0.2, -0.15) is 0 Å². The zero-order chi connectivity index (χ0) is 10.8. The highest BCUT2D eigenvalue weighted by atomic mass is 35.5. The number of hydrogen-bond donors (Lipinski definition) is 1. The fourth-order valence-corrected chi connectivity index (χ4v) is 1.08. The van der Waals surface area contributed by atoms with Crippen LogP contribution < -0.4 is 10.5 Å². The lowest BCUT2D eigenvalue weighted by molar-refractivity contribution is -0.274. The minimum absolute atomic E-state index is 0.0338. The lowest BCUT2D eigenvalue weighted by Crippen LogP contribution is -2.19. The summed E-state index contributed by atoms with van der Waals surface area (Å²) in [6, 6.07) is 1.06. The van der Waals surface area contributed by atoms with Crippen LogP contribution in [0.1, 0.15) is 5.56 Å². The summed E-state index contributed by atoms with van der Waals surface area (Å²) in [5, 5.41) is -0.0887. The second-order valence-corrected chi connectivity index (χ2v) is 2.69. The Labute approximate surface area is 82.6 Å². The van der Waals surface area contributed by atoms with Crippen LogP contribution >= 0.6 is 11.6 Å². The van der Waals surface area contributed by atoms with Crippen LogP contribution in [0.5, 0.6) is 5.75 Å². The van der Waals surface area contributed by atoms with Crippen molar-refractivity contribution in [3.63, 3.8) is 0 Å². The number of hydrogen-bond acceptors (Lipinski definition) is 3. The van der Waals surface area contributed by atoms with E-state index in [0.717, 1.165) is 12.3 Å². The smallest absolute Gasteiger partial charge is 0.405 e. The summed E-state index contributed by atoms with van der Waals surface area (Å²) in [6.45, 7) is -0.169. The third-order valence-corrected chi connectivity index (χ3v) is 1.72. The number of rotatable bonds is 2. The number of nitrogens with zero attached hydrogens (tertiary/aromatic N) is 1. The maximum Gasteiger partial charge on any atom is 0.573 e. The number of halogens is 4. The second-order valence-electron chi connectivity index (χ2n) is 2.33. The Kier molecular flexibility index (Phi) is 3.17. The Bertz CT molecular complexity index is 329. The first-order valence-electron chi connectivity index (χ1n) is 3.53. The zero-order valence-corrected chi connectivity index (χ0v) is 7.56. The normalized spacial score (nSPS) is 11.5. The van der Waals surface area contributed by atoms with Gasteiger partial charge in [-0.25, -0.2) is 4.98 Å². The predicted molar refractivity (Wildman–Crippen MR) is 43.8 cm³/mol. The van der Waals surface area contributed by atoms with E-state index < -0.39 is 12.1 Å². The molecule has 1 aromatic rings. The highest BCUT2D eigenvalue weighted by molar-refractivity contribution is 6.30. The maximum absolute atomic E-state index is 11.9. The van der Waals surface area contributed by atoms with E-state index in [9.17, 15) is 13.2 Å². The van der Waals surface area contributed by atoms with Crippen LogP contribution in [0.25, 0.3) is 0 Å². The molecule has 0 aromatic carbocycles. The van der Waals surface area contributed by atoms with Gasteiger partial charge in [-0.05, 0) is 6.07 Å².